The van der Waals surface area contributed by atoms with Gasteiger partial charge in [-0.05, 0) is 55.0 Å². The third-order valence-electron chi connectivity index (χ3n) is 6.84. The fourth-order valence-electron chi connectivity index (χ4n) is 4.94. The number of hydrogen-bond donors (Lipinski definition) is 4. The summed E-state index contributed by atoms with van der Waals surface area (Å²) < 4.78 is 0. The molecule has 0 saturated carbocycles. The van der Waals surface area contributed by atoms with Crippen molar-refractivity contribution in [2.24, 2.45) is 0 Å². The number of pyridine rings is 2. The van der Waals surface area contributed by atoms with Gasteiger partial charge in [0.15, 0.2) is 10.9 Å². The Kier molecular flexibility index (Phi) is 6.13. The van der Waals surface area contributed by atoms with Gasteiger partial charge in [0.2, 0.25) is 11.8 Å². The lowest BCUT2D eigenvalue weighted by Crippen LogP contribution is -2.16. The summed E-state index contributed by atoms with van der Waals surface area (Å²) in [5.74, 6) is -0.518. The Bertz CT molecular complexity index is 1890. The minimum atomic E-state index is -0.259. The van der Waals surface area contributed by atoms with Crippen molar-refractivity contribution in [3.8, 4) is 0 Å². The van der Waals surface area contributed by atoms with Crippen molar-refractivity contribution in [3.05, 3.63) is 105 Å². The second kappa shape index (κ2) is 9.90. The molecule has 0 saturated heterocycles. The van der Waals surface area contributed by atoms with Crippen molar-refractivity contribution in [1.82, 2.24) is 9.97 Å². The topological polar surface area (TPSA) is 124 Å². The lowest BCUT2D eigenvalue weighted by atomic mass is 10.1. The summed E-state index contributed by atoms with van der Waals surface area (Å²) >= 11 is 0. The number of para-hydroxylation sites is 4. The maximum atomic E-state index is 12.9. The lowest BCUT2D eigenvalue weighted by Gasteiger charge is -2.11. The number of carbonyl (C=O) groups excluding carboxylic acids is 2. The van der Waals surface area contributed by atoms with E-state index in [1.165, 1.54) is 0 Å². The third-order valence-corrected chi connectivity index (χ3v) is 6.84. The minimum Gasteiger partial charge on any atom is -0.353 e. The van der Waals surface area contributed by atoms with Gasteiger partial charge < -0.3 is 20.6 Å². The van der Waals surface area contributed by atoms with E-state index in [4.69, 9.17) is 0 Å². The summed E-state index contributed by atoms with van der Waals surface area (Å²) in [6.07, 6.45) is 0.573. The largest absolute Gasteiger partial charge is 0.353 e. The minimum absolute atomic E-state index is 0.102. The SMILES string of the molecule is O=C(CCCC(=O)Nc1cccc2c(=O)c3ccccc3[nH]c12)Nc1cccc2c(=O)c3ccccc3[nH]c12. The molecule has 2 heterocycles. The summed E-state index contributed by atoms with van der Waals surface area (Å²) in [4.78, 5) is 57.7. The molecule has 4 N–H and O–H groups in total. The zero-order valence-corrected chi connectivity index (χ0v) is 20.8. The standard InChI is InChI=1S/C31H24N4O4/c36-26(32-24-14-5-10-20-28(24)34-22-12-3-1-8-18(22)30(20)38)16-7-17-27(37)33-25-15-6-11-21-29(25)35-23-13-4-2-9-19(23)31(21)39/h1-6,8-15H,7,16-17H2,(H,32,36)(H,33,37)(H,34,38)(H,35,39). The van der Waals surface area contributed by atoms with Crippen molar-refractivity contribution in [1.29, 1.82) is 0 Å². The molecule has 8 heteroatoms. The summed E-state index contributed by atoms with van der Waals surface area (Å²) in [5, 5.41) is 7.89. The summed E-state index contributed by atoms with van der Waals surface area (Å²) in [5.41, 5.74) is 3.32. The summed E-state index contributed by atoms with van der Waals surface area (Å²) in [7, 11) is 0. The van der Waals surface area contributed by atoms with Crippen LogP contribution in [0.1, 0.15) is 19.3 Å². The van der Waals surface area contributed by atoms with Crippen molar-refractivity contribution >= 4 is 66.8 Å². The molecule has 0 spiro atoms. The number of H-pyrrole nitrogens is 2. The fraction of sp³-hybridized carbons (Fsp3) is 0.0968. The number of carbonyl (C=O) groups is 2. The molecule has 2 amide bonds. The molecule has 0 aliphatic carbocycles. The molecule has 2 aromatic heterocycles. The first kappa shape index (κ1) is 24.1. The smallest absolute Gasteiger partial charge is 0.224 e. The van der Waals surface area contributed by atoms with Gasteiger partial charge in [0, 0.05) is 45.4 Å². The number of rotatable bonds is 6. The summed E-state index contributed by atoms with van der Waals surface area (Å²) in [6, 6.07) is 24.9. The van der Waals surface area contributed by atoms with Crippen molar-refractivity contribution < 1.29 is 9.59 Å². The molecular weight excluding hydrogens is 492 g/mol. The number of fused-ring (bicyclic) bond motifs is 4. The zero-order chi connectivity index (χ0) is 26.9. The monoisotopic (exact) mass is 516 g/mol. The lowest BCUT2D eigenvalue weighted by molar-refractivity contribution is -0.117. The number of benzene rings is 4. The van der Waals surface area contributed by atoms with Gasteiger partial charge in [-0.2, -0.15) is 0 Å². The molecular formula is C31H24N4O4. The number of anilines is 2. The quantitative estimate of drug-likeness (QED) is 0.221. The van der Waals surface area contributed by atoms with E-state index in [0.29, 0.717) is 61.4 Å². The third kappa shape index (κ3) is 4.53. The molecule has 0 aliphatic heterocycles. The van der Waals surface area contributed by atoms with E-state index < -0.39 is 0 Å². The number of hydrogen-bond acceptors (Lipinski definition) is 4. The molecule has 0 atom stereocenters. The molecule has 8 nitrogen and oxygen atoms in total. The van der Waals surface area contributed by atoms with Crippen LogP contribution in [0.15, 0.2) is 94.5 Å². The second-order valence-corrected chi connectivity index (χ2v) is 9.41. The Morgan fingerprint density at radius 1 is 0.538 bits per heavy atom. The van der Waals surface area contributed by atoms with Gasteiger partial charge in [0.25, 0.3) is 0 Å². The Morgan fingerprint density at radius 2 is 0.949 bits per heavy atom. The average Bonchev–Trinajstić information content (AvgIpc) is 2.94. The molecule has 0 radical (unpaired) electrons. The fourth-order valence-corrected chi connectivity index (χ4v) is 4.94. The van der Waals surface area contributed by atoms with Crippen LogP contribution < -0.4 is 21.5 Å². The first-order valence-electron chi connectivity index (χ1n) is 12.7. The van der Waals surface area contributed by atoms with Gasteiger partial charge in [-0.15, -0.1) is 0 Å². The van der Waals surface area contributed by atoms with Gasteiger partial charge in [0.1, 0.15) is 0 Å². The van der Waals surface area contributed by atoms with E-state index in [0.717, 1.165) is 0 Å². The number of aromatic nitrogens is 2. The molecule has 6 rings (SSSR count). The van der Waals surface area contributed by atoms with Crippen molar-refractivity contribution in [3.63, 3.8) is 0 Å². The van der Waals surface area contributed by atoms with Gasteiger partial charge in [-0.25, -0.2) is 0 Å². The zero-order valence-electron chi connectivity index (χ0n) is 20.8. The van der Waals surface area contributed by atoms with Gasteiger partial charge in [-0.3, -0.25) is 19.2 Å². The maximum Gasteiger partial charge on any atom is 0.224 e. The Balaban J connectivity index is 1.13. The molecule has 0 fully saturated rings. The highest BCUT2D eigenvalue weighted by Gasteiger charge is 2.13. The predicted octanol–water partition coefficient (Wildman–Crippen LogP) is 5.42. The normalized spacial score (nSPS) is 11.3. The van der Waals surface area contributed by atoms with Crippen molar-refractivity contribution in [2.75, 3.05) is 10.6 Å². The van der Waals surface area contributed by atoms with E-state index in [1.54, 1.807) is 48.5 Å². The van der Waals surface area contributed by atoms with E-state index in [1.807, 2.05) is 36.4 Å². The Hall–Kier alpha value is -5.24. The van der Waals surface area contributed by atoms with E-state index >= 15 is 0 Å². The molecule has 0 aliphatic rings. The first-order chi connectivity index (χ1) is 19.0. The average molecular weight is 517 g/mol. The van der Waals surface area contributed by atoms with Crippen LogP contribution in [-0.4, -0.2) is 21.8 Å². The number of amides is 2. The first-order valence-corrected chi connectivity index (χ1v) is 12.7. The highest BCUT2D eigenvalue weighted by molar-refractivity contribution is 6.05. The van der Waals surface area contributed by atoms with Gasteiger partial charge in [0.05, 0.1) is 22.4 Å². The Labute approximate surface area is 221 Å². The highest BCUT2D eigenvalue weighted by Crippen LogP contribution is 2.24. The van der Waals surface area contributed by atoms with Gasteiger partial charge >= 0.3 is 0 Å². The van der Waals surface area contributed by atoms with Crippen LogP contribution in [0, 0.1) is 0 Å². The van der Waals surface area contributed by atoms with Crippen molar-refractivity contribution in [2.45, 2.75) is 19.3 Å². The van der Waals surface area contributed by atoms with Crippen LogP contribution >= 0.6 is 0 Å². The van der Waals surface area contributed by atoms with E-state index in [2.05, 4.69) is 20.6 Å². The van der Waals surface area contributed by atoms with Crippen LogP contribution in [0.2, 0.25) is 0 Å². The molecule has 6 aromatic rings. The van der Waals surface area contributed by atoms with Crippen LogP contribution in [-0.2, 0) is 9.59 Å². The molecule has 4 aromatic carbocycles. The van der Waals surface area contributed by atoms with Crippen LogP contribution in [0.5, 0.6) is 0 Å². The molecule has 192 valence electrons. The van der Waals surface area contributed by atoms with Crippen LogP contribution in [0.4, 0.5) is 11.4 Å². The second-order valence-electron chi connectivity index (χ2n) is 9.41. The summed E-state index contributed by atoms with van der Waals surface area (Å²) in [6.45, 7) is 0. The molecule has 39 heavy (non-hydrogen) atoms. The van der Waals surface area contributed by atoms with Gasteiger partial charge in [-0.1, -0.05) is 36.4 Å². The molecule has 0 bridgehead atoms. The van der Waals surface area contributed by atoms with Crippen LogP contribution in [0.3, 0.4) is 0 Å². The molecule has 0 unspecified atom stereocenters. The van der Waals surface area contributed by atoms with E-state index in [9.17, 15) is 19.2 Å². The highest BCUT2D eigenvalue weighted by atomic mass is 16.2. The number of nitrogens with one attached hydrogen (secondary N) is 4. The van der Waals surface area contributed by atoms with Crippen LogP contribution in [0.25, 0.3) is 43.6 Å². The number of aromatic amines is 2. The van der Waals surface area contributed by atoms with E-state index in [-0.39, 0.29) is 35.5 Å². The predicted molar refractivity (Wildman–Crippen MR) is 155 cm³/mol. The maximum absolute atomic E-state index is 12.9. The Morgan fingerprint density at radius 3 is 1.41 bits per heavy atom.